The molecule has 0 bridgehead atoms. The predicted octanol–water partition coefficient (Wildman–Crippen LogP) is 3.27. The van der Waals surface area contributed by atoms with Gasteiger partial charge in [0.05, 0.1) is 5.60 Å². The van der Waals surface area contributed by atoms with E-state index in [0.717, 1.165) is 58.0 Å². The van der Waals surface area contributed by atoms with Gasteiger partial charge in [0, 0.05) is 5.41 Å². The third-order valence-corrected chi connectivity index (χ3v) is 5.91. The molecule has 3 N–H and O–H groups in total. The number of aromatic hydroxyl groups is 1. The van der Waals surface area contributed by atoms with E-state index in [0.29, 0.717) is 5.75 Å². The molecule has 0 heterocycles. The van der Waals surface area contributed by atoms with E-state index in [9.17, 15) is 10.2 Å². The molecule has 2 unspecified atom stereocenters. The van der Waals surface area contributed by atoms with Gasteiger partial charge in [-0.3, -0.25) is 0 Å². The number of phenols is 1. The van der Waals surface area contributed by atoms with Crippen LogP contribution in [0.25, 0.3) is 0 Å². The van der Waals surface area contributed by atoms with E-state index in [1.54, 1.807) is 6.07 Å². The summed E-state index contributed by atoms with van der Waals surface area (Å²) in [7, 11) is 0. The van der Waals surface area contributed by atoms with Crippen molar-refractivity contribution in [1.29, 1.82) is 0 Å². The first kappa shape index (κ1) is 15.8. The highest BCUT2D eigenvalue weighted by atomic mass is 16.3. The Hall–Kier alpha value is -1.06. The fourth-order valence-electron chi connectivity index (χ4n) is 4.73. The van der Waals surface area contributed by atoms with Crippen LogP contribution in [0.3, 0.4) is 0 Å². The molecule has 22 heavy (non-hydrogen) atoms. The molecule has 1 aromatic rings. The highest BCUT2D eigenvalue weighted by Gasteiger charge is 2.54. The lowest BCUT2D eigenvalue weighted by molar-refractivity contribution is -0.0869. The van der Waals surface area contributed by atoms with Crippen molar-refractivity contribution in [2.24, 2.45) is 0 Å². The standard InChI is InChI=1S/C19H29NO2/c1-2-12-20-13-11-18-8-3-4-9-19(18,22)10-7-15-5-6-16(21)14-17(15)18/h5-6,14,20-22H,2-4,7-13H2,1H3. The van der Waals surface area contributed by atoms with Gasteiger partial charge in [0.25, 0.3) is 0 Å². The molecular formula is C19H29NO2. The zero-order chi connectivity index (χ0) is 15.6. The van der Waals surface area contributed by atoms with Gasteiger partial charge in [-0.2, -0.15) is 0 Å². The third-order valence-electron chi connectivity index (χ3n) is 5.91. The maximum absolute atomic E-state index is 11.4. The molecule has 2 aliphatic rings. The Bertz CT molecular complexity index is 530. The molecule has 1 fully saturated rings. The van der Waals surface area contributed by atoms with Gasteiger partial charge in [0.2, 0.25) is 0 Å². The summed E-state index contributed by atoms with van der Waals surface area (Å²) >= 11 is 0. The molecule has 3 nitrogen and oxygen atoms in total. The molecule has 0 saturated heterocycles. The fraction of sp³-hybridized carbons (Fsp3) is 0.684. The van der Waals surface area contributed by atoms with Crippen LogP contribution >= 0.6 is 0 Å². The molecular weight excluding hydrogens is 274 g/mol. The van der Waals surface area contributed by atoms with Crippen LogP contribution in [0.1, 0.15) is 63.0 Å². The molecule has 0 amide bonds. The van der Waals surface area contributed by atoms with Crippen molar-refractivity contribution in [3.63, 3.8) is 0 Å². The van der Waals surface area contributed by atoms with E-state index in [4.69, 9.17) is 0 Å². The zero-order valence-electron chi connectivity index (χ0n) is 13.7. The molecule has 0 radical (unpaired) electrons. The van der Waals surface area contributed by atoms with Crippen LogP contribution in [0.5, 0.6) is 5.75 Å². The first-order chi connectivity index (χ1) is 10.6. The maximum Gasteiger partial charge on any atom is 0.115 e. The summed E-state index contributed by atoms with van der Waals surface area (Å²) in [4.78, 5) is 0. The number of phenolic OH excluding ortho intramolecular Hbond substituents is 1. The van der Waals surface area contributed by atoms with Crippen molar-refractivity contribution in [1.82, 2.24) is 5.32 Å². The van der Waals surface area contributed by atoms with E-state index >= 15 is 0 Å². The number of hydrogen-bond acceptors (Lipinski definition) is 3. The summed E-state index contributed by atoms with van der Waals surface area (Å²) in [6.45, 7) is 4.14. The molecule has 1 saturated carbocycles. The average molecular weight is 303 g/mol. The van der Waals surface area contributed by atoms with Crippen molar-refractivity contribution in [3.8, 4) is 5.75 Å². The Labute approximate surface area is 133 Å². The molecule has 0 aromatic heterocycles. The number of aryl methyl sites for hydroxylation is 1. The van der Waals surface area contributed by atoms with Crippen LogP contribution in [-0.4, -0.2) is 28.9 Å². The molecule has 0 aliphatic heterocycles. The van der Waals surface area contributed by atoms with E-state index in [1.807, 2.05) is 6.07 Å². The number of fused-ring (bicyclic) bond motifs is 3. The highest BCUT2D eigenvalue weighted by molar-refractivity contribution is 5.45. The van der Waals surface area contributed by atoms with Crippen molar-refractivity contribution in [3.05, 3.63) is 29.3 Å². The minimum absolute atomic E-state index is 0.182. The summed E-state index contributed by atoms with van der Waals surface area (Å²) in [5.41, 5.74) is 1.75. The van der Waals surface area contributed by atoms with Gasteiger partial charge in [0.1, 0.15) is 5.75 Å². The van der Waals surface area contributed by atoms with Crippen LogP contribution in [0.15, 0.2) is 18.2 Å². The zero-order valence-corrected chi connectivity index (χ0v) is 13.7. The first-order valence-electron chi connectivity index (χ1n) is 8.87. The van der Waals surface area contributed by atoms with Gasteiger partial charge < -0.3 is 15.5 Å². The highest BCUT2D eigenvalue weighted by Crippen LogP contribution is 2.55. The minimum atomic E-state index is -0.597. The van der Waals surface area contributed by atoms with E-state index in [2.05, 4.69) is 18.3 Å². The van der Waals surface area contributed by atoms with Crippen LogP contribution in [-0.2, 0) is 11.8 Å². The van der Waals surface area contributed by atoms with Crippen molar-refractivity contribution in [2.45, 2.75) is 69.3 Å². The third kappa shape index (κ3) is 2.55. The second-order valence-electron chi connectivity index (χ2n) is 7.16. The molecule has 2 atom stereocenters. The summed E-state index contributed by atoms with van der Waals surface area (Å²) in [6.07, 6.45) is 8.10. The second-order valence-corrected chi connectivity index (χ2v) is 7.16. The maximum atomic E-state index is 11.4. The SMILES string of the molecule is CCCNCCC12CCCCC1(O)CCc1ccc(O)cc12. The first-order valence-corrected chi connectivity index (χ1v) is 8.87. The summed E-state index contributed by atoms with van der Waals surface area (Å²) < 4.78 is 0. The lowest BCUT2D eigenvalue weighted by atomic mass is 9.53. The fourth-order valence-corrected chi connectivity index (χ4v) is 4.73. The van der Waals surface area contributed by atoms with Gasteiger partial charge in [-0.25, -0.2) is 0 Å². The van der Waals surface area contributed by atoms with Crippen molar-refractivity contribution < 1.29 is 10.2 Å². The van der Waals surface area contributed by atoms with E-state index in [1.165, 1.54) is 17.5 Å². The molecule has 3 heteroatoms. The Morgan fingerprint density at radius 1 is 1.14 bits per heavy atom. The Kier molecular flexibility index (Phi) is 4.47. The summed E-state index contributed by atoms with van der Waals surface area (Å²) in [5.74, 6) is 0.328. The second kappa shape index (κ2) is 6.21. The number of aliphatic hydroxyl groups is 1. The molecule has 0 spiro atoms. The van der Waals surface area contributed by atoms with Gasteiger partial charge >= 0.3 is 0 Å². The van der Waals surface area contributed by atoms with Crippen LogP contribution in [0.4, 0.5) is 0 Å². The van der Waals surface area contributed by atoms with Crippen molar-refractivity contribution >= 4 is 0 Å². The van der Waals surface area contributed by atoms with Crippen LogP contribution < -0.4 is 5.32 Å². The summed E-state index contributed by atoms with van der Waals surface area (Å²) in [6, 6.07) is 5.76. The van der Waals surface area contributed by atoms with Gasteiger partial charge in [-0.15, -0.1) is 0 Å². The Morgan fingerprint density at radius 3 is 2.77 bits per heavy atom. The molecule has 3 rings (SSSR count). The van der Waals surface area contributed by atoms with Crippen LogP contribution in [0, 0.1) is 0 Å². The van der Waals surface area contributed by atoms with Gasteiger partial charge in [0.15, 0.2) is 0 Å². The topological polar surface area (TPSA) is 52.5 Å². The minimum Gasteiger partial charge on any atom is -0.508 e. The number of rotatable bonds is 5. The number of nitrogens with one attached hydrogen (secondary N) is 1. The molecule has 1 aromatic carbocycles. The monoisotopic (exact) mass is 303 g/mol. The van der Waals surface area contributed by atoms with E-state index in [-0.39, 0.29) is 5.41 Å². The van der Waals surface area contributed by atoms with Gasteiger partial charge in [-0.1, -0.05) is 25.8 Å². The van der Waals surface area contributed by atoms with E-state index < -0.39 is 5.60 Å². The van der Waals surface area contributed by atoms with Gasteiger partial charge in [-0.05, 0) is 74.9 Å². The van der Waals surface area contributed by atoms with Crippen molar-refractivity contribution in [2.75, 3.05) is 13.1 Å². The Morgan fingerprint density at radius 2 is 1.95 bits per heavy atom. The average Bonchev–Trinajstić information content (AvgIpc) is 2.52. The molecule has 122 valence electrons. The number of benzene rings is 1. The lowest BCUT2D eigenvalue weighted by Gasteiger charge is -2.55. The summed E-state index contributed by atoms with van der Waals surface area (Å²) in [5, 5.41) is 24.9. The van der Waals surface area contributed by atoms with Crippen LogP contribution in [0.2, 0.25) is 0 Å². The largest absolute Gasteiger partial charge is 0.508 e. The molecule has 2 aliphatic carbocycles. The quantitative estimate of drug-likeness (QED) is 0.732. The Balaban J connectivity index is 1.97. The number of hydrogen-bond donors (Lipinski definition) is 3. The lowest BCUT2D eigenvalue weighted by Crippen LogP contribution is -2.57. The smallest absolute Gasteiger partial charge is 0.115 e. The normalized spacial score (nSPS) is 30.6. The predicted molar refractivity (Wildman–Crippen MR) is 89.3 cm³/mol.